The normalized spacial score (nSPS) is 17.1. The molecule has 1 atom stereocenters. The number of esters is 1. The Hall–Kier alpha value is -2.57. The molecule has 0 amide bonds. The van der Waals surface area contributed by atoms with Crippen LogP contribution in [0.15, 0.2) is 23.0 Å². The van der Waals surface area contributed by atoms with Gasteiger partial charge in [-0.1, -0.05) is 6.07 Å². The first kappa shape index (κ1) is 14.4. The summed E-state index contributed by atoms with van der Waals surface area (Å²) in [5, 5.41) is 0. The number of aryl methyl sites for hydroxylation is 1. The smallest absolute Gasteiger partial charge is 0.312 e. The monoisotopic (exact) mass is 309 g/mol. The van der Waals surface area contributed by atoms with E-state index in [2.05, 4.69) is 4.98 Å². The summed E-state index contributed by atoms with van der Waals surface area (Å²) in [6.45, 7) is 1.59. The Labute approximate surface area is 122 Å². The standard InChI is InChI=1S/C15H10F3NO3/c1-6-4-10-12(15(21)19-6)8(5-11(20)22-10)7-2-3-9(16)14(18)13(7)17/h2-4,8H,5H2,1H3,(H,19,21). The molecule has 0 radical (unpaired) electrons. The molecule has 1 unspecified atom stereocenters. The Morgan fingerprint density at radius 3 is 2.64 bits per heavy atom. The Morgan fingerprint density at radius 1 is 1.18 bits per heavy atom. The minimum absolute atomic E-state index is 0.00614. The van der Waals surface area contributed by atoms with Crippen molar-refractivity contribution in [1.82, 2.24) is 4.98 Å². The number of aromatic amines is 1. The summed E-state index contributed by atoms with van der Waals surface area (Å²) in [6, 6.07) is 3.22. The van der Waals surface area contributed by atoms with Gasteiger partial charge in [0, 0.05) is 17.7 Å². The summed E-state index contributed by atoms with van der Waals surface area (Å²) < 4.78 is 45.5. The van der Waals surface area contributed by atoms with E-state index in [-0.39, 0.29) is 23.3 Å². The largest absolute Gasteiger partial charge is 0.426 e. The van der Waals surface area contributed by atoms with Gasteiger partial charge in [0.1, 0.15) is 5.75 Å². The van der Waals surface area contributed by atoms with Crippen molar-refractivity contribution in [3.8, 4) is 5.75 Å². The van der Waals surface area contributed by atoms with Crippen molar-refractivity contribution >= 4 is 5.97 Å². The molecular weight excluding hydrogens is 299 g/mol. The molecule has 114 valence electrons. The highest BCUT2D eigenvalue weighted by Gasteiger charge is 2.34. The van der Waals surface area contributed by atoms with Gasteiger partial charge in [-0.05, 0) is 18.6 Å². The Bertz CT molecular complexity index is 845. The third kappa shape index (κ3) is 2.18. The van der Waals surface area contributed by atoms with Crippen LogP contribution < -0.4 is 10.3 Å². The van der Waals surface area contributed by atoms with Crippen molar-refractivity contribution in [3.63, 3.8) is 0 Å². The predicted molar refractivity (Wildman–Crippen MR) is 70.2 cm³/mol. The van der Waals surface area contributed by atoms with Crippen LogP contribution in [0.4, 0.5) is 13.2 Å². The van der Waals surface area contributed by atoms with Gasteiger partial charge >= 0.3 is 5.97 Å². The molecule has 2 heterocycles. The number of hydrogen-bond donors (Lipinski definition) is 1. The zero-order chi connectivity index (χ0) is 16.0. The van der Waals surface area contributed by atoms with Crippen LogP contribution in [0, 0.1) is 24.4 Å². The number of ether oxygens (including phenoxy) is 1. The fourth-order valence-corrected chi connectivity index (χ4v) is 2.59. The lowest BCUT2D eigenvalue weighted by Gasteiger charge is -2.24. The van der Waals surface area contributed by atoms with Crippen LogP contribution in [-0.4, -0.2) is 11.0 Å². The second-order valence-corrected chi connectivity index (χ2v) is 5.05. The molecule has 1 N–H and O–H groups in total. The van der Waals surface area contributed by atoms with E-state index in [1.54, 1.807) is 6.92 Å². The quantitative estimate of drug-likeness (QED) is 0.650. The van der Waals surface area contributed by atoms with Crippen LogP contribution in [0.3, 0.4) is 0 Å². The lowest BCUT2D eigenvalue weighted by molar-refractivity contribution is -0.135. The number of hydrogen-bond acceptors (Lipinski definition) is 3. The third-order valence-electron chi connectivity index (χ3n) is 3.55. The molecule has 1 aromatic carbocycles. The summed E-state index contributed by atoms with van der Waals surface area (Å²) in [5.74, 6) is -6.08. The molecule has 0 fully saturated rings. The topological polar surface area (TPSA) is 59.2 Å². The van der Waals surface area contributed by atoms with Crippen LogP contribution in [0.2, 0.25) is 0 Å². The lowest BCUT2D eigenvalue weighted by Crippen LogP contribution is -2.29. The Balaban J connectivity index is 2.24. The highest BCUT2D eigenvalue weighted by Crippen LogP contribution is 2.38. The fourth-order valence-electron chi connectivity index (χ4n) is 2.59. The van der Waals surface area contributed by atoms with Crippen LogP contribution in [0.25, 0.3) is 0 Å². The molecule has 1 aliphatic rings. The van der Waals surface area contributed by atoms with Gasteiger partial charge in [-0.3, -0.25) is 9.59 Å². The zero-order valence-corrected chi connectivity index (χ0v) is 11.4. The number of fused-ring (bicyclic) bond motifs is 1. The molecule has 22 heavy (non-hydrogen) atoms. The van der Waals surface area contributed by atoms with Gasteiger partial charge in [0.2, 0.25) is 0 Å². The van der Waals surface area contributed by atoms with Crippen molar-refractivity contribution in [1.29, 1.82) is 0 Å². The van der Waals surface area contributed by atoms with E-state index in [4.69, 9.17) is 4.74 Å². The van der Waals surface area contributed by atoms with Crippen molar-refractivity contribution in [2.75, 3.05) is 0 Å². The maximum absolute atomic E-state index is 14.0. The van der Waals surface area contributed by atoms with Crippen LogP contribution in [0.1, 0.15) is 29.2 Å². The molecule has 0 aliphatic carbocycles. The maximum Gasteiger partial charge on any atom is 0.312 e. The maximum atomic E-state index is 14.0. The summed E-state index contributed by atoms with van der Waals surface area (Å²) in [7, 11) is 0. The van der Waals surface area contributed by atoms with E-state index in [0.717, 1.165) is 12.1 Å². The van der Waals surface area contributed by atoms with E-state index in [0.29, 0.717) is 5.69 Å². The molecule has 0 saturated heterocycles. The average molecular weight is 309 g/mol. The molecule has 4 nitrogen and oxygen atoms in total. The molecule has 3 rings (SSSR count). The van der Waals surface area contributed by atoms with Crippen LogP contribution in [-0.2, 0) is 4.79 Å². The molecule has 0 spiro atoms. The number of halogens is 3. The van der Waals surface area contributed by atoms with Gasteiger partial charge in [-0.15, -0.1) is 0 Å². The Morgan fingerprint density at radius 2 is 1.91 bits per heavy atom. The number of carbonyl (C=O) groups is 1. The second-order valence-electron chi connectivity index (χ2n) is 5.05. The van der Waals surface area contributed by atoms with E-state index in [1.807, 2.05) is 0 Å². The number of aromatic nitrogens is 1. The van der Waals surface area contributed by atoms with E-state index >= 15 is 0 Å². The highest BCUT2D eigenvalue weighted by atomic mass is 19.2. The first-order valence-electron chi connectivity index (χ1n) is 6.46. The molecule has 0 saturated carbocycles. The van der Waals surface area contributed by atoms with Gasteiger partial charge < -0.3 is 9.72 Å². The lowest BCUT2D eigenvalue weighted by atomic mass is 9.86. The van der Waals surface area contributed by atoms with Crippen LogP contribution >= 0.6 is 0 Å². The van der Waals surface area contributed by atoms with Crippen LogP contribution in [0.5, 0.6) is 5.75 Å². The average Bonchev–Trinajstić information content (AvgIpc) is 2.43. The van der Waals surface area contributed by atoms with Crippen molar-refractivity contribution < 1.29 is 22.7 Å². The Kier molecular flexibility index (Phi) is 3.27. The second kappa shape index (κ2) is 5.01. The number of carbonyl (C=O) groups excluding carboxylic acids is 1. The number of nitrogens with one attached hydrogen (secondary N) is 1. The van der Waals surface area contributed by atoms with Gasteiger partial charge in [0.15, 0.2) is 17.5 Å². The van der Waals surface area contributed by atoms with E-state index in [1.165, 1.54) is 6.07 Å². The number of rotatable bonds is 1. The molecule has 2 aromatic rings. The van der Waals surface area contributed by atoms with Gasteiger partial charge in [0.05, 0.1) is 12.0 Å². The number of H-pyrrole nitrogens is 1. The first-order chi connectivity index (χ1) is 10.4. The summed E-state index contributed by atoms with van der Waals surface area (Å²) in [6.07, 6.45) is -0.332. The summed E-state index contributed by atoms with van der Waals surface area (Å²) >= 11 is 0. The first-order valence-corrected chi connectivity index (χ1v) is 6.46. The molecule has 1 aliphatic heterocycles. The SMILES string of the molecule is Cc1cc2c(c(=O)[nH]1)C(c1ccc(F)c(F)c1F)CC(=O)O2. The highest BCUT2D eigenvalue weighted by molar-refractivity contribution is 5.77. The molecular formula is C15H10F3NO3. The fraction of sp³-hybridized carbons (Fsp3) is 0.200. The number of pyridine rings is 1. The van der Waals surface area contributed by atoms with Gasteiger partial charge in [-0.25, -0.2) is 13.2 Å². The molecule has 7 heteroatoms. The molecule has 1 aromatic heterocycles. The van der Waals surface area contributed by atoms with Crippen molar-refractivity contribution in [2.24, 2.45) is 0 Å². The van der Waals surface area contributed by atoms with E-state index in [9.17, 15) is 22.8 Å². The third-order valence-corrected chi connectivity index (χ3v) is 3.55. The van der Waals surface area contributed by atoms with E-state index < -0.39 is 34.9 Å². The zero-order valence-electron chi connectivity index (χ0n) is 11.4. The van der Waals surface area contributed by atoms with Crippen molar-refractivity contribution in [3.05, 3.63) is 62.8 Å². The number of benzene rings is 1. The van der Waals surface area contributed by atoms with Gasteiger partial charge in [-0.2, -0.15) is 0 Å². The van der Waals surface area contributed by atoms with Gasteiger partial charge in [0.25, 0.3) is 5.56 Å². The predicted octanol–water partition coefficient (Wildman–Crippen LogP) is 2.54. The minimum atomic E-state index is -1.64. The summed E-state index contributed by atoms with van der Waals surface area (Å²) in [5.41, 5.74) is -0.333. The molecule has 0 bridgehead atoms. The minimum Gasteiger partial charge on any atom is -0.426 e. The van der Waals surface area contributed by atoms with Crippen molar-refractivity contribution in [2.45, 2.75) is 19.3 Å². The summed E-state index contributed by atoms with van der Waals surface area (Å²) in [4.78, 5) is 26.3.